The lowest BCUT2D eigenvalue weighted by molar-refractivity contribution is -0.133. The van der Waals surface area contributed by atoms with Crippen molar-refractivity contribution in [2.24, 2.45) is 0 Å². The summed E-state index contributed by atoms with van der Waals surface area (Å²) in [5.74, 6) is 4.72. The Kier molecular flexibility index (Phi) is 8.95. The van der Waals surface area contributed by atoms with E-state index >= 15 is 0 Å². The highest BCUT2D eigenvalue weighted by molar-refractivity contribution is 5.97. The molecule has 3 rings (SSSR count). The van der Waals surface area contributed by atoms with Gasteiger partial charge in [0.05, 0.1) is 6.10 Å². The molecule has 0 aliphatic carbocycles. The van der Waals surface area contributed by atoms with Crippen LogP contribution in [0.4, 0.5) is 0 Å². The molecule has 2 atom stereocenters. The Morgan fingerprint density at radius 3 is 1.88 bits per heavy atom. The van der Waals surface area contributed by atoms with Crippen LogP contribution in [0.1, 0.15) is 39.5 Å². The van der Waals surface area contributed by atoms with Crippen molar-refractivity contribution in [1.82, 2.24) is 16.1 Å². The van der Waals surface area contributed by atoms with Crippen molar-refractivity contribution in [3.05, 3.63) is 107 Å². The van der Waals surface area contributed by atoms with Gasteiger partial charge in [-0.1, -0.05) is 54.3 Å². The van der Waals surface area contributed by atoms with Crippen molar-refractivity contribution in [2.45, 2.75) is 32.2 Å². The highest BCUT2D eigenvalue weighted by Gasteiger charge is 2.25. The first kappa shape index (κ1) is 24.7. The summed E-state index contributed by atoms with van der Waals surface area (Å²) in [4.78, 5) is 23.9. The van der Waals surface area contributed by atoms with Gasteiger partial charge in [-0.3, -0.25) is 14.8 Å². The molecular formula is C27H27N3O4. The van der Waals surface area contributed by atoms with E-state index in [1.165, 1.54) is 23.5 Å². The molecule has 7 heteroatoms. The molecule has 0 radical (unpaired) electrons. The zero-order chi connectivity index (χ0) is 24.3. The van der Waals surface area contributed by atoms with Crippen LogP contribution in [-0.4, -0.2) is 34.3 Å². The SMILES string of the molecule is C[C@@H](O)[C@H](NC(=O)c1ccc(C#Cc2ccc(CNCc3ccccc3)cc2)cc1)C(=O)NO. The molecule has 0 aliphatic rings. The van der Waals surface area contributed by atoms with Gasteiger partial charge in [0, 0.05) is 29.8 Å². The summed E-state index contributed by atoms with van der Waals surface area (Å²) in [6.45, 7) is 2.92. The van der Waals surface area contributed by atoms with E-state index in [4.69, 9.17) is 5.21 Å². The number of amides is 2. The number of rotatable bonds is 8. The first-order chi connectivity index (χ1) is 16.5. The minimum Gasteiger partial charge on any atom is -0.391 e. The number of nitrogens with one attached hydrogen (secondary N) is 3. The molecule has 7 nitrogen and oxygen atoms in total. The van der Waals surface area contributed by atoms with Gasteiger partial charge in [-0.25, -0.2) is 5.48 Å². The third-order valence-electron chi connectivity index (χ3n) is 5.11. The Morgan fingerprint density at radius 1 is 0.824 bits per heavy atom. The number of benzene rings is 3. The van der Waals surface area contributed by atoms with Gasteiger partial charge >= 0.3 is 0 Å². The smallest absolute Gasteiger partial charge is 0.268 e. The van der Waals surface area contributed by atoms with Crippen LogP contribution in [0.15, 0.2) is 78.9 Å². The summed E-state index contributed by atoms with van der Waals surface area (Å²) in [6, 6.07) is 23.5. The second-order valence-electron chi connectivity index (χ2n) is 7.78. The second kappa shape index (κ2) is 12.3. The van der Waals surface area contributed by atoms with Gasteiger partial charge in [0.1, 0.15) is 6.04 Å². The summed E-state index contributed by atoms with van der Waals surface area (Å²) in [5.41, 5.74) is 5.75. The van der Waals surface area contributed by atoms with E-state index in [0.717, 1.165) is 24.2 Å². The molecule has 0 aromatic heterocycles. The fourth-order valence-corrected chi connectivity index (χ4v) is 3.20. The van der Waals surface area contributed by atoms with Crippen molar-refractivity contribution >= 4 is 11.8 Å². The summed E-state index contributed by atoms with van der Waals surface area (Å²) in [6.07, 6.45) is -1.17. The van der Waals surface area contributed by atoms with E-state index in [1.54, 1.807) is 24.3 Å². The van der Waals surface area contributed by atoms with Crippen LogP contribution in [0.25, 0.3) is 0 Å². The molecule has 0 saturated heterocycles. The minimum atomic E-state index is -1.27. The molecule has 5 N–H and O–H groups in total. The van der Waals surface area contributed by atoms with Crippen LogP contribution in [0.5, 0.6) is 0 Å². The Balaban J connectivity index is 1.54. The van der Waals surface area contributed by atoms with E-state index < -0.39 is 24.0 Å². The molecule has 3 aromatic carbocycles. The van der Waals surface area contributed by atoms with E-state index in [2.05, 4.69) is 34.6 Å². The third-order valence-corrected chi connectivity index (χ3v) is 5.11. The quantitative estimate of drug-likeness (QED) is 0.203. The highest BCUT2D eigenvalue weighted by atomic mass is 16.5. The molecule has 0 aliphatic heterocycles. The fourth-order valence-electron chi connectivity index (χ4n) is 3.20. The number of carbonyl (C=O) groups is 2. The number of aliphatic hydroxyl groups is 1. The van der Waals surface area contributed by atoms with Crippen molar-refractivity contribution in [1.29, 1.82) is 0 Å². The Labute approximate surface area is 198 Å². The zero-order valence-electron chi connectivity index (χ0n) is 18.8. The average Bonchev–Trinajstić information content (AvgIpc) is 2.87. The summed E-state index contributed by atoms with van der Waals surface area (Å²) in [7, 11) is 0. The normalized spacial score (nSPS) is 12.1. The summed E-state index contributed by atoms with van der Waals surface area (Å²) in [5, 5.41) is 24.2. The number of hydrogen-bond acceptors (Lipinski definition) is 5. The van der Waals surface area contributed by atoms with Gasteiger partial charge in [-0.2, -0.15) is 0 Å². The molecule has 0 unspecified atom stereocenters. The monoisotopic (exact) mass is 457 g/mol. The van der Waals surface area contributed by atoms with Gasteiger partial charge in [-0.15, -0.1) is 0 Å². The molecular weight excluding hydrogens is 430 g/mol. The molecule has 174 valence electrons. The molecule has 3 aromatic rings. The molecule has 0 bridgehead atoms. The topological polar surface area (TPSA) is 111 Å². The summed E-state index contributed by atoms with van der Waals surface area (Å²) >= 11 is 0. The molecule has 0 saturated carbocycles. The van der Waals surface area contributed by atoms with E-state index in [1.807, 2.05) is 42.5 Å². The van der Waals surface area contributed by atoms with E-state index in [9.17, 15) is 14.7 Å². The maximum atomic E-state index is 12.3. The van der Waals surface area contributed by atoms with E-state index in [-0.39, 0.29) is 0 Å². The van der Waals surface area contributed by atoms with Gasteiger partial charge in [0.2, 0.25) is 0 Å². The van der Waals surface area contributed by atoms with E-state index in [0.29, 0.717) is 5.56 Å². The van der Waals surface area contributed by atoms with Gasteiger partial charge < -0.3 is 15.7 Å². The van der Waals surface area contributed by atoms with Crippen LogP contribution >= 0.6 is 0 Å². The molecule has 2 amide bonds. The number of aliphatic hydroxyl groups excluding tert-OH is 1. The number of carbonyl (C=O) groups excluding carboxylic acids is 2. The van der Waals surface area contributed by atoms with Gasteiger partial charge in [0.25, 0.3) is 11.8 Å². The highest BCUT2D eigenvalue weighted by Crippen LogP contribution is 2.07. The minimum absolute atomic E-state index is 0.300. The average molecular weight is 458 g/mol. The number of hydrogen-bond donors (Lipinski definition) is 5. The standard InChI is InChI=1S/C27H27N3O4/c1-19(31)25(27(33)30-34)29-26(32)24-15-13-21(14-16-24)8-7-20-9-11-23(12-10-20)18-28-17-22-5-3-2-4-6-22/h2-6,9-16,19,25,28,31,34H,17-18H2,1H3,(H,29,32)(H,30,33)/t19-,25+/m1/s1. The van der Waals surface area contributed by atoms with Crippen molar-refractivity contribution in [2.75, 3.05) is 0 Å². The predicted molar refractivity (Wildman–Crippen MR) is 129 cm³/mol. The number of hydroxylamine groups is 1. The van der Waals surface area contributed by atoms with Crippen molar-refractivity contribution < 1.29 is 19.9 Å². The predicted octanol–water partition coefficient (Wildman–Crippen LogP) is 2.36. The van der Waals surface area contributed by atoms with Crippen LogP contribution in [-0.2, 0) is 17.9 Å². The lowest BCUT2D eigenvalue weighted by atomic mass is 10.1. The molecule has 0 fully saturated rings. The molecule has 0 spiro atoms. The van der Waals surface area contributed by atoms with Crippen LogP contribution < -0.4 is 16.1 Å². The third kappa shape index (κ3) is 7.29. The van der Waals surface area contributed by atoms with Crippen molar-refractivity contribution in [3.8, 4) is 11.8 Å². The van der Waals surface area contributed by atoms with Crippen LogP contribution in [0.2, 0.25) is 0 Å². The van der Waals surface area contributed by atoms with Crippen molar-refractivity contribution in [3.63, 3.8) is 0 Å². The summed E-state index contributed by atoms with van der Waals surface area (Å²) < 4.78 is 0. The second-order valence-corrected chi connectivity index (χ2v) is 7.78. The fraction of sp³-hybridized carbons (Fsp3) is 0.185. The first-order valence-electron chi connectivity index (χ1n) is 10.8. The zero-order valence-corrected chi connectivity index (χ0v) is 18.8. The van der Waals surface area contributed by atoms with Crippen LogP contribution in [0.3, 0.4) is 0 Å². The Hall–Kier alpha value is -3.96. The molecule has 0 heterocycles. The molecule has 34 heavy (non-hydrogen) atoms. The van der Waals surface area contributed by atoms with Crippen LogP contribution in [0, 0.1) is 11.8 Å². The lowest BCUT2D eigenvalue weighted by Gasteiger charge is -2.19. The first-order valence-corrected chi connectivity index (χ1v) is 10.8. The Morgan fingerprint density at radius 2 is 1.35 bits per heavy atom. The van der Waals surface area contributed by atoms with Gasteiger partial charge in [0.15, 0.2) is 0 Å². The van der Waals surface area contributed by atoms with Gasteiger partial charge in [-0.05, 0) is 54.4 Å². The largest absolute Gasteiger partial charge is 0.391 e. The lowest BCUT2D eigenvalue weighted by Crippen LogP contribution is -2.51. The maximum Gasteiger partial charge on any atom is 0.268 e. The Bertz CT molecular complexity index is 1150. The maximum absolute atomic E-state index is 12.3.